The Morgan fingerprint density at radius 2 is 2.03 bits per heavy atom. The highest BCUT2D eigenvalue weighted by Gasteiger charge is 2.39. The summed E-state index contributed by atoms with van der Waals surface area (Å²) in [4.78, 5) is 31.5. The lowest BCUT2D eigenvalue weighted by Gasteiger charge is -2.24. The zero-order valence-corrected chi connectivity index (χ0v) is 16.2. The lowest BCUT2D eigenvalue weighted by atomic mass is 9.97. The van der Waals surface area contributed by atoms with Crippen molar-refractivity contribution in [2.24, 2.45) is 0 Å². The molecule has 29 heavy (non-hydrogen) atoms. The fraction of sp³-hybridized carbons (Fsp3) is 0.348. The maximum Gasteiger partial charge on any atom is 0.260 e. The average Bonchev–Trinajstić information content (AvgIpc) is 3.01. The van der Waals surface area contributed by atoms with Crippen molar-refractivity contribution < 1.29 is 14.0 Å². The first kappa shape index (κ1) is 19.3. The number of hydrogen-bond donors (Lipinski definition) is 1. The van der Waals surface area contributed by atoms with Gasteiger partial charge < -0.3 is 5.32 Å². The molecule has 0 saturated carbocycles. The van der Waals surface area contributed by atoms with Gasteiger partial charge in [0.2, 0.25) is 5.91 Å². The summed E-state index contributed by atoms with van der Waals surface area (Å²) in [6, 6.07) is 8.66. The van der Waals surface area contributed by atoms with Crippen molar-refractivity contribution in [2.75, 3.05) is 11.4 Å². The number of carbonyl (C=O) groups is 2. The molecule has 1 aliphatic carbocycles. The van der Waals surface area contributed by atoms with Crippen LogP contribution in [0.2, 0.25) is 0 Å². The summed E-state index contributed by atoms with van der Waals surface area (Å²) in [6.45, 7) is 0.594. The van der Waals surface area contributed by atoms with Gasteiger partial charge in [0.1, 0.15) is 5.82 Å². The summed E-state index contributed by atoms with van der Waals surface area (Å²) < 4.78 is 13.3. The molecule has 1 aromatic heterocycles. The number of anilines is 1. The van der Waals surface area contributed by atoms with E-state index < -0.39 is 6.04 Å². The Balaban J connectivity index is 1.48. The molecule has 2 aromatic rings. The van der Waals surface area contributed by atoms with E-state index >= 15 is 0 Å². The summed E-state index contributed by atoms with van der Waals surface area (Å²) in [5.74, 6) is -0.711. The molecule has 1 atom stereocenters. The molecular formula is C23H24FN3O2. The highest BCUT2D eigenvalue weighted by atomic mass is 19.1. The number of fused-ring (bicyclic) bond motifs is 1. The van der Waals surface area contributed by atoms with E-state index in [4.69, 9.17) is 0 Å². The van der Waals surface area contributed by atoms with E-state index in [1.54, 1.807) is 35.4 Å². The number of allylic oxidation sites excluding steroid dienone is 1. The zero-order valence-electron chi connectivity index (χ0n) is 16.2. The number of carbonyl (C=O) groups excluding carboxylic acids is 2. The summed E-state index contributed by atoms with van der Waals surface area (Å²) >= 11 is 0. The standard InChI is InChI=1S/C23H24FN3O2/c24-17-8-10-18(11-9-17)27-20(22-19(23(27)29)7-4-13-26-22)15-21(28)25-14-12-16-5-2-1-3-6-16/h4-5,7-11,13,20H,1-3,6,12,14-15H2,(H,25,28). The number of hydrogen-bond acceptors (Lipinski definition) is 3. The van der Waals surface area contributed by atoms with Gasteiger partial charge in [0.05, 0.1) is 23.7 Å². The number of aromatic nitrogens is 1. The van der Waals surface area contributed by atoms with E-state index in [2.05, 4.69) is 16.4 Å². The molecule has 0 fully saturated rings. The molecule has 0 bridgehead atoms. The molecule has 6 heteroatoms. The second-order valence-corrected chi connectivity index (χ2v) is 7.52. The summed E-state index contributed by atoms with van der Waals surface area (Å²) in [5, 5.41) is 2.98. The first-order chi connectivity index (χ1) is 14.1. The fourth-order valence-corrected chi connectivity index (χ4v) is 4.09. The largest absolute Gasteiger partial charge is 0.356 e. The third kappa shape index (κ3) is 4.21. The highest BCUT2D eigenvalue weighted by molar-refractivity contribution is 6.11. The van der Waals surface area contributed by atoms with Gasteiger partial charge in [-0.2, -0.15) is 0 Å². The van der Waals surface area contributed by atoms with Gasteiger partial charge in [-0.25, -0.2) is 4.39 Å². The molecule has 2 amide bonds. The van der Waals surface area contributed by atoms with Crippen LogP contribution in [0.3, 0.4) is 0 Å². The van der Waals surface area contributed by atoms with Crippen molar-refractivity contribution in [1.82, 2.24) is 10.3 Å². The van der Waals surface area contributed by atoms with Crippen molar-refractivity contribution in [3.63, 3.8) is 0 Å². The Hall–Kier alpha value is -3.02. The van der Waals surface area contributed by atoms with Crippen molar-refractivity contribution in [2.45, 2.75) is 44.6 Å². The van der Waals surface area contributed by atoms with Gasteiger partial charge in [-0.3, -0.25) is 19.5 Å². The Morgan fingerprint density at radius 3 is 2.79 bits per heavy atom. The van der Waals surface area contributed by atoms with Gasteiger partial charge in [-0.05, 0) is 68.5 Å². The molecule has 0 radical (unpaired) electrons. The van der Waals surface area contributed by atoms with E-state index in [0.29, 0.717) is 23.5 Å². The van der Waals surface area contributed by atoms with Gasteiger partial charge in [0, 0.05) is 18.4 Å². The van der Waals surface area contributed by atoms with Crippen LogP contribution in [0.15, 0.2) is 54.2 Å². The van der Waals surface area contributed by atoms with Crippen LogP contribution in [-0.2, 0) is 4.79 Å². The zero-order chi connectivity index (χ0) is 20.2. The summed E-state index contributed by atoms with van der Waals surface area (Å²) in [7, 11) is 0. The minimum absolute atomic E-state index is 0.117. The van der Waals surface area contributed by atoms with Crippen molar-refractivity contribution in [1.29, 1.82) is 0 Å². The normalized spacial score (nSPS) is 18.4. The minimum Gasteiger partial charge on any atom is -0.356 e. The lowest BCUT2D eigenvalue weighted by Crippen LogP contribution is -2.33. The molecule has 0 saturated heterocycles. The van der Waals surface area contributed by atoms with Gasteiger partial charge in [0.15, 0.2) is 0 Å². The van der Waals surface area contributed by atoms with Crippen molar-refractivity contribution >= 4 is 17.5 Å². The maximum absolute atomic E-state index is 13.3. The number of benzene rings is 1. The molecule has 2 aliphatic rings. The topological polar surface area (TPSA) is 62.3 Å². The number of amides is 2. The van der Waals surface area contributed by atoms with Gasteiger partial charge >= 0.3 is 0 Å². The number of rotatable bonds is 6. The number of nitrogens with one attached hydrogen (secondary N) is 1. The summed E-state index contributed by atoms with van der Waals surface area (Å²) in [5.41, 5.74) is 3.04. The van der Waals surface area contributed by atoms with Crippen molar-refractivity contribution in [3.05, 3.63) is 71.3 Å². The quantitative estimate of drug-likeness (QED) is 0.744. The molecule has 1 aliphatic heterocycles. The molecule has 1 aromatic carbocycles. The minimum atomic E-state index is -0.502. The first-order valence-electron chi connectivity index (χ1n) is 10.1. The van der Waals surface area contributed by atoms with E-state index in [1.165, 1.54) is 30.5 Å². The Morgan fingerprint density at radius 1 is 1.21 bits per heavy atom. The highest BCUT2D eigenvalue weighted by Crippen LogP contribution is 2.38. The molecular weight excluding hydrogens is 369 g/mol. The maximum atomic E-state index is 13.3. The van der Waals surface area contributed by atoms with Crippen molar-refractivity contribution in [3.8, 4) is 0 Å². The van der Waals surface area contributed by atoms with Crippen LogP contribution in [0, 0.1) is 5.82 Å². The molecule has 1 N–H and O–H groups in total. The summed E-state index contributed by atoms with van der Waals surface area (Å²) in [6.07, 6.45) is 9.60. The van der Waals surface area contributed by atoms with Gasteiger partial charge in [-0.15, -0.1) is 0 Å². The number of pyridine rings is 1. The monoisotopic (exact) mass is 393 g/mol. The van der Waals surface area contributed by atoms with Crippen LogP contribution in [0.25, 0.3) is 0 Å². The second kappa shape index (κ2) is 8.55. The van der Waals surface area contributed by atoms with Crippen LogP contribution >= 0.6 is 0 Å². The van der Waals surface area contributed by atoms with E-state index in [1.807, 2.05) is 0 Å². The third-order valence-electron chi connectivity index (χ3n) is 5.55. The SMILES string of the molecule is O=C(CC1c2ncccc2C(=O)N1c1ccc(F)cc1)NCCC1=CCCCC1. The van der Waals surface area contributed by atoms with Crippen LogP contribution < -0.4 is 10.2 Å². The first-order valence-corrected chi connectivity index (χ1v) is 10.1. The third-order valence-corrected chi connectivity index (χ3v) is 5.55. The van der Waals surface area contributed by atoms with Crippen LogP contribution in [-0.4, -0.2) is 23.3 Å². The smallest absolute Gasteiger partial charge is 0.260 e. The van der Waals surface area contributed by atoms with Crippen LogP contribution in [0.4, 0.5) is 10.1 Å². The fourth-order valence-electron chi connectivity index (χ4n) is 4.09. The molecule has 4 rings (SSSR count). The Kier molecular flexibility index (Phi) is 5.69. The Bertz CT molecular complexity index is 939. The molecule has 2 heterocycles. The molecule has 150 valence electrons. The van der Waals surface area contributed by atoms with E-state index in [0.717, 1.165) is 19.3 Å². The molecule has 1 unspecified atom stereocenters. The number of halogens is 1. The van der Waals surface area contributed by atoms with Gasteiger partial charge in [0.25, 0.3) is 5.91 Å². The number of nitrogens with zero attached hydrogens (tertiary/aromatic N) is 2. The van der Waals surface area contributed by atoms with Crippen LogP contribution in [0.1, 0.15) is 60.6 Å². The second-order valence-electron chi connectivity index (χ2n) is 7.52. The Labute approximate surface area is 169 Å². The molecule has 5 nitrogen and oxygen atoms in total. The predicted octanol–water partition coefficient (Wildman–Crippen LogP) is 4.32. The molecule has 0 spiro atoms. The van der Waals surface area contributed by atoms with Crippen LogP contribution in [0.5, 0.6) is 0 Å². The predicted molar refractivity (Wildman–Crippen MR) is 109 cm³/mol. The lowest BCUT2D eigenvalue weighted by molar-refractivity contribution is -0.121. The van der Waals surface area contributed by atoms with Gasteiger partial charge in [-0.1, -0.05) is 11.6 Å². The van der Waals surface area contributed by atoms with E-state index in [9.17, 15) is 14.0 Å². The average molecular weight is 393 g/mol. The van der Waals surface area contributed by atoms with E-state index in [-0.39, 0.29) is 24.1 Å².